The molecule has 28 heavy (non-hydrogen) atoms. The molecule has 2 unspecified atom stereocenters. The normalized spacial score (nSPS) is 19.3. The Morgan fingerprint density at radius 1 is 1.39 bits per heavy atom. The summed E-state index contributed by atoms with van der Waals surface area (Å²) >= 11 is 3.41. The fourth-order valence-electron chi connectivity index (χ4n) is 3.58. The topological polar surface area (TPSA) is 97.0 Å². The Labute approximate surface area is 171 Å². The lowest BCUT2D eigenvalue weighted by Crippen LogP contribution is -2.40. The van der Waals surface area contributed by atoms with Crippen LogP contribution in [0.5, 0.6) is 0 Å². The zero-order valence-electron chi connectivity index (χ0n) is 15.0. The molecule has 3 heterocycles. The molecule has 1 aliphatic heterocycles. The Morgan fingerprint density at radius 2 is 2.14 bits per heavy atom. The molecule has 0 saturated carbocycles. The average molecular weight is 461 g/mol. The van der Waals surface area contributed by atoms with Gasteiger partial charge in [0.2, 0.25) is 0 Å². The van der Waals surface area contributed by atoms with Gasteiger partial charge in [-0.25, -0.2) is 17.4 Å². The first-order chi connectivity index (χ1) is 13.5. The van der Waals surface area contributed by atoms with Gasteiger partial charge in [0.1, 0.15) is 12.1 Å². The average Bonchev–Trinajstić information content (AvgIpc) is 3.03. The molecule has 0 amide bonds. The first-order valence-corrected chi connectivity index (χ1v) is 11.0. The van der Waals surface area contributed by atoms with Crippen molar-refractivity contribution in [2.75, 3.05) is 6.61 Å². The summed E-state index contributed by atoms with van der Waals surface area (Å²) in [5.41, 5.74) is 1.55. The van der Waals surface area contributed by atoms with Crippen molar-refractivity contribution in [1.29, 1.82) is 5.26 Å². The van der Waals surface area contributed by atoms with Crippen LogP contribution < -0.4 is 5.32 Å². The number of hydrogen-bond acceptors (Lipinski definition) is 6. The summed E-state index contributed by atoms with van der Waals surface area (Å²) in [5.74, 6) is 0. The maximum atomic E-state index is 13.5. The Balaban J connectivity index is 2.06. The van der Waals surface area contributed by atoms with E-state index < -0.39 is 22.2 Å². The van der Waals surface area contributed by atoms with E-state index >= 15 is 0 Å². The molecule has 2 atom stereocenters. The van der Waals surface area contributed by atoms with Gasteiger partial charge >= 0.3 is 0 Å². The Kier molecular flexibility index (Phi) is 4.97. The van der Waals surface area contributed by atoms with Crippen LogP contribution in [0.3, 0.4) is 0 Å². The molecule has 1 aliphatic rings. The van der Waals surface area contributed by atoms with Gasteiger partial charge in [-0.3, -0.25) is 5.32 Å². The number of nitrogens with zero attached hydrogens (tertiary/aromatic N) is 3. The van der Waals surface area contributed by atoms with Gasteiger partial charge in [0.25, 0.3) is 10.0 Å². The highest BCUT2D eigenvalue weighted by atomic mass is 79.9. The third-order valence-corrected chi connectivity index (χ3v) is 6.89. The summed E-state index contributed by atoms with van der Waals surface area (Å²) < 4.78 is 34.8. The summed E-state index contributed by atoms with van der Waals surface area (Å²) in [6.07, 6.45) is 0.972. The minimum Gasteiger partial charge on any atom is -0.371 e. The zero-order valence-corrected chi connectivity index (χ0v) is 17.4. The van der Waals surface area contributed by atoms with Crippen molar-refractivity contribution < 1.29 is 13.2 Å². The number of benzene rings is 1. The van der Waals surface area contributed by atoms with Crippen LogP contribution >= 0.6 is 15.9 Å². The molecular weight excluding hydrogens is 444 g/mol. The van der Waals surface area contributed by atoms with E-state index in [2.05, 4.69) is 32.3 Å². The first-order valence-electron chi connectivity index (χ1n) is 8.73. The van der Waals surface area contributed by atoms with E-state index in [4.69, 9.17) is 4.74 Å². The van der Waals surface area contributed by atoms with Crippen molar-refractivity contribution in [2.24, 2.45) is 0 Å². The standard InChI is InChI=1S/C19H17BrN4O3S/c1-2-27-18-15(9-21)22-11-16-17(18)14-8-12(20)10-23-19(14)24(16)28(25,26)13-6-4-3-5-7-13/h3-8,10,15,18,22H,2,11H2,1H3. The molecule has 1 aromatic carbocycles. The van der Waals surface area contributed by atoms with Gasteiger partial charge in [-0.15, -0.1) is 0 Å². The largest absolute Gasteiger partial charge is 0.371 e. The fourth-order valence-corrected chi connectivity index (χ4v) is 5.45. The highest BCUT2D eigenvalue weighted by Crippen LogP contribution is 2.39. The van der Waals surface area contributed by atoms with Crippen LogP contribution in [0.15, 0.2) is 52.0 Å². The van der Waals surface area contributed by atoms with Crippen LogP contribution in [-0.4, -0.2) is 30.0 Å². The molecule has 3 aromatic rings. The van der Waals surface area contributed by atoms with Crippen LogP contribution in [0.1, 0.15) is 24.3 Å². The molecule has 2 aromatic heterocycles. The quantitative estimate of drug-likeness (QED) is 0.642. The number of hydrogen-bond donors (Lipinski definition) is 1. The van der Waals surface area contributed by atoms with Gasteiger partial charge in [0.05, 0.1) is 16.7 Å². The number of rotatable bonds is 4. The van der Waals surface area contributed by atoms with Crippen LogP contribution in [-0.2, 0) is 21.3 Å². The fraction of sp³-hybridized carbons (Fsp3) is 0.263. The third-order valence-electron chi connectivity index (χ3n) is 4.72. The summed E-state index contributed by atoms with van der Waals surface area (Å²) in [6, 6.07) is 11.7. The molecule has 4 rings (SSSR count). The highest BCUT2D eigenvalue weighted by Gasteiger charge is 2.38. The summed E-state index contributed by atoms with van der Waals surface area (Å²) in [5, 5.41) is 13.3. The molecule has 0 fully saturated rings. The lowest BCUT2D eigenvalue weighted by atomic mass is 9.96. The van der Waals surface area contributed by atoms with Crippen LogP contribution in [0.2, 0.25) is 0 Å². The van der Waals surface area contributed by atoms with E-state index in [0.717, 1.165) is 4.47 Å². The molecular formula is C19H17BrN4O3S. The number of nitriles is 1. The zero-order chi connectivity index (χ0) is 19.9. The molecule has 0 radical (unpaired) electrons. The minimum absolute atomic E-state index is 0.176. The van der Waals surface area contributed by atoms with Crippen molar-refractivity contribution in [3.63, 3.8) is 0 Å². The Bertz CT molecular complexity index is 1190. The number of nitrogens with one attached hydrogen (secondary N) is 1. The first kappa shape index (κ1) is 19.1. The molecule has 0 aliphatic carbocycles. The second kappa shape index (κ2) is 7.29. The third kappa shape index (κ3) is 2.93. The lowest BCUT2D eigenvalue weighted by Gasteiger charge is -2.29. The summed E-state index contributed by atoms with van der Waals surface area (Å²) in [6.45, 7) is 2.46. The Hall–Kier alpha value is -2.25. The molecule has 7 nitrogen and oxygen atoms in total. The number of ether oxygens (including phenoxy) is 1. The number of halogens is 1. The summed E-state index contributed by atoms with van der Waals surface area (Å²) in [7, 11) is -3.88. The number of pyridine rings is 1. The smallest absolute Gasteiger partial charge is 0.269 e. The van der Waals surface area contributed by atoms with Crippen molar-refractivity contribution in [3.05, 3.63) is 58.3 Å². The van der Waals surface area contributed by atoms with E-state index in [0.29, 0.717) is 28.9 Å². The van der Waals surface area contributed by atoms with Crippen molar-refractivity contribution >= 4 is 37.0 Å². The molecule has 0 bridgehead atoms. The number of aromatic nitrogens is 2. The second-order valence-corrected chi connectivity index (χ2v) is 9.03. The Morgan fingerprint density at radius 3 is 2.82 bits per heavy atom. The maximum absolute atomic E-state index is 13.5. The monoisotopic (exact) mass is 460 g/mol. The van der Waals surface area contributed by atoms with Gasteiger partial charge in [-0.05, 0) is 41.1 Å². The van der Waals surface area contributed by atoms with Crippen LogP contribution in [0.4, 0.5) is 0 Å². The second-order valence-electron chi connectivity index (χ2n) is 6.33. The maximum Gasteiger partial charge on any atom is 0.269 e. The minimum atomic E-state index is -3.88. The van der Waals surface area contributed by atoms with E-state index in [1.807, 2.05) is 13.0 Å². The molecule has 9 heteroatoms. The molecule has 1 N–H and O–H groups in total. The van der Waals surface area contributed by atoms with E-state index in [1.165, 1.54) is 3.97 Å². The van der Waals surface area contributed by atoms with Crippen molar-refractivity contribution in [2.45, 2.75) is 30.5 Å². The number of fused-ring (bicyclic) bond motifs is 3. The van der Waals surface area contributed by atoms with Gasteiger partial charge in [-0.2, -0.15) is 5.26 Å². The molecule has 0 saturated heterocycles. The van der Waals surface area contributed by atoms with Crippen LogP contribution in [0.25, 0.3) is 11.0 Å². The van der Waals surface area contributed by atoms with Crippen molar-refractivity contribution in [3.8, 4) is 6.07 Å². The van der Waals surface area contributed by atoms with E-state index in [1.54, 1.807) is 36.5 Å². The molecule has 0 spiro atoms. The SMILES string of the molecule is CCOC1c2c(n(S(=O)(=O)c3ccccc3)c3ncc(Br)cc23)CNC1C#N. The van der Waals surface area contributed by atoms with Crippen molar-refractivity contribution in [1.82, 2.24) is 14.3 Å². The predicted octanol–water partition coefficient (Wildman–Crippen LogP) is 3.11. The van der Waals surface area contributed by atoms with Gasteiger partial charge < -0.3 is 4.74 Å². The van der Waals surface area contributed by atoms with Crippen LogP contribution in [0, 0.1) is 11.3 Å². The summed E-state index contributed by atoms with van der Waals surface area (Å²) in [4.78, 5) is 4.57. The van der Waals surface area contributed by atoms with E-state index in [9.17, 15) is 13.7 Å². The predicted molar refractivity (Wildman–Crippen MR) is 107 cm³/mol. The highest BCUT2D eigenvalue weighted by molar-refractivity contribution is 9.10. The van der Waals surface area contributed by atoms with E-state index in [-0.39, 0.29) is 11.4 Å². The lowest BCUT2D eigenvalue weighted by molar-refractivity contribution is 0.0411. The molecule has 144 valence electrons. The van der Waals surface area contributed by atoms with Gasteiger partial charge in [0, 0.05) is 34.8 Å². The van der Waals surface area contributed by atoms with Gasteiger partial charge in [0.15, 0.2) is 5.65 Å². The van der Waals surface area contributed by atoms with Gasteiger partial charge in [-0.1, -0.05) is 18.2 Å².